The van der Waals surface area contributed by atoms with Crippen LogP contribution in [0.1, 0.15) is 12.5 Å². The molecule has 0 N–H and O–H groups in total. The van der Waals surface area contributed by atoms with Gasteiger partial charge in [0.05, 0.1) is 9.40 Å². The zero-order valence-corrected chi connectivity index (χ0v) is 10.6. The zero-order chi connectivity index (χ0) is 12.4. The Balaban J connectivity index is 2.37. The monoisotopic (exact) mass is 299 g/mol. The molecule has 2 rings (SSSR count). The first-order valence-electron chi connectivity index (χ1n) is 5.06. The number of nitro benzene ring substituents is 1. The predicted octanol–water partition coefficient (Wildman–Crippen LogP) is 3.13. The molecule has 0 fully saturated rings. The highest BCUT2D eigenvalue weighted by atomic mass is 79.9. The first-order chi connectivity index (χ1) is 8.11. The standard InChI is InChI=1S/C11H10BrNO4/c1-2-16-10-4-3-7-5-8(13(14)15)6-9(12)11(7)17-10/h3-6,10H,2H2,1H3/t10-/m1/s1. The van der Waals surface area contributed by atoms with Gasteiger partial charge in [0.2, 0.25) is 6.29 Å². The zero-order valence-electron chi connectivity index (χ0n) is 9.05. The van der Waals surface area contributed by atoms with Crippen LogP contribution in [-0.2, 0) is 4.74 Å². The molecule has 6 heteroatoms. The molecule has 5 nitrogen and oxygen atoms in total. The molecule has 1 heterocycles. The number of non-ortho nitro benzene ring substituents is 1. The van der Waals surface area contributed by atoms with Gasteiger partial charge in [-0.3, -0.25) is 10.1 Å². The van der Waals surface area contributed by atoms with Crippen LogP contribution >= 0.6 is 15.9 Å². The van der Waals surface area contributed by atoms with E-state index < -0.39 is 11.2 Å². The Bertz CT molecular complexity index is 487. The van der Waals surface area contributed by atoms with Gasteiger partial charge in [-0.05, 0) is 35.0 Å². The lowest BCUT2D eigenvalue weighted by atomic mass is 10.1. The third kappa shape index (κ3) is 2.48. The predicted molar refractivity (Wildman–Crippen MR) is 65.9 cm³/mol. The maximum absolute atomic E-state index is 10.7. The smallest absolute Gasteiger partial charge is 0.271 e. The van der Waals surface area contributed by atoms with Crippen molar-refractivity contribution in [3.05, 3.63) is 38.4 Å². The number of halogens is 1. The minimum Gasteiger partial charge on any atom is -0.459 e. The van der Waals surface area contributed by atoms with Crippen molar-refractivity contribution in [1.82, 2.24) is 0 Å². The maximum Gasteiger partial charge on any atom is 0.271 e. The molecular formula is C11H10BrNO4. The summed E-state index contributed by atoms with van der Waals surface area (Å²) in [6, 6.07) is 2.89. The Morgan fingerprint density at radius 3 is 3.00 bits per heavy atom. The van der Waals surface area contributed by atoms with Gasteiger partial charge >= 0.3 is 0 Å². The van der Waals surface area contributed by atoms with E-state index in [4.69, 9.17) is 9.47 Å². The van der Waals surface area contributed by atoms with E-state index in [-0.39, 0.29) is 5.69 Å². The van der Waals surface area contributed by atoms with Gasteiger partial charge in [0.25, 0.3) is 5.69 Å². The molecule has 0 aromatic heterocycles. The summed E-state index contributed by atoms with van der Waals surface area (Å²) in [5.41, 5.74) is 0.695. The van der Waals surface area contributed by atoms with Crippen molar-refractivity contribution in [2.45, 2.75) is 13.2 Å². The number of rotatable bonds is 3. The van der Waals surface area contributed by atoms with E-state index in [0.717, 1.165) is 0 Å². The molecule has 0 radical (unpaired) electrons. The third-order valence-electron chi connectivity index (χ3n) is 2.27. The second kappa shape index (κ2) is 4.85. The Morgan fingerprint density at radius 2 is 2.35 bits per heavy atom. The highest BCUT2D eigenvalue weighted by Gasteiger charge is 2.21. The van der Waals surface area contributed by atoms with E-state index in [0.29, 0.717) is 22.4 Å². The quantitative estimate of drug-likeness (QED) is 0.635. The number of fused-ring (bicyclic) bond motifs is 1. The van der Waals surface area contributed by atoms with Gasteiger partial charge in [0.1, 0.15) is 5.75 Å². The van der Waals surface area contributed by atoms with Gasteiger partial charge in [-0.15, -0.1) is 0 Å². The molecule has 0 saturated carbocycles. The second-order valence-corrected chi connectivity index (χ2v) is 4.26. The molecule has 1 aliphatic heterocycles. The van der Waals surface area contributed by atoms with Crippen LogP contribution < -0.4 is 4.74 Å². The van der Waals surface area contributed by atoms with Crippen LogP contribution in [-0.4, -0.2) is 17.8 Å². The summed E-state index contributed by atoms with van der Waals surface area (Å²) in [7, 11) is 0. The van der Waals surface area contributed by atoms with Crippen molar-refractivity contribution in [2.75, 3.05) is 6.61 Å². The SMILES string of the molecule is CCO[C@H]1C=Cc2cc([N+](=O)[O-])cc(Br)c2O1. The molecule has 1 aromatic carbocycles. The molecule has 0 amide bonds. The van der Waals surface area contributed by atoms with Gasteiger partial charge in [-0.25, -0.2) is 0 Å². The van der Waals surface area contributed by atoms with E-state index in [1.807, 2.05) is 6.92 Å². The van der Waals surface area contributed by atoms with Crippen LogP contribution in [0.3, 0.4) is 0 Å². The van der Waals surface area contributed by atoms with Crippen molar-refractivity contribution < 1.29 is 14.4 Å². The van der Waals surface area contributed by atoms with E-state index >= 15 is 0 Å². The van der Waals surface area contributed by atoms with Gasteiger partial charge in [-0.1, -0.05) is 0 Å². The van der Waals surface area contributed by atoms with Crippen molar-refractivity contribution in [3.63, 3.8) is 0 Å². The molecular weight excluding hydrogens is 290 g/mol. The molecule has 0 aliphatic carbocycles. The summed E-state index contributed by atoms with van der Waals surface area (Å²) in [4.78, 5) is 10.3. The molecule has 1 aromatic rings. The van der Waals surface area contributed by atoms with Crippen molar-refractivity contribution >= 4 is 27.7 Å². The summed E-state index contributed by atoms with van der Waals surface area (Å²) in [5, 5.41) is 10.7. The number of hydrogen-bond acceptors (Lipinski definition) is 4. The largest absolute Gasteiger partial charge is 0.459 e. The van der Waals surface area contributed by atoms with Crippen LogP contribution in [0.4, 0.5) is 5.69 Å². The fourth-order valence-electron chi connectivity index (χ4n) is 1.54. The molecule has 1 atom stereocenters. The van der Waals surface area contributed by atoms with Crippen LogP contribution in [0, 0.1) is 10.1 Å². The molecule has 17 heavy (non-hydrogen) atoms. The Labute approximate surface area is 106 Å². The van der Waals surface area contributed by atoms with Gasteiger partial charge in [-0.2, -0.15) is 0 Å². The first kappa shape index (κ1) is 12.1. The van der Waals surface area contributed by atoms with Crippen molar-refractivity contribution in [2.24, 2.45) is 0 Å². The topological polar surface area (TPSA) is 61.6 Å². The number of nitrogens with zero attached hydrogens (tertiary/aromatic N) is 1. The Kier molecular flexibility index (Phi) is 3.44. The normalized spacial score (nSPS) is 17.4. The van der Waals surface area contributed by atoms with E-state index in [9.17, 15) is 10.1 Å². The summed E-state index contributed by atoms with van der Waals surface area (Å²) in [5.74, 6) is 0.566. The van der Waals surface area contributed by atoms with Crippen LogP contribution in [0.2, 0.25) is 0 Å². The minimum atomic E-state index is -0.440. The van der Waals surface area contributed by atoms with E-state index in [1.54, 1.807) is 12.2 Å². The van der Waals surface area contributed by atoms with E-state index in [1.165, 1.54) is 12.1 Å². The van der Waals surface area contributed by atoms with E-state index in [2.05, 4.69) is 15.9 Å². The van der Waals surface area contributed by atoms with Crippen molar-refractivity contribution in [3.8, 4) is 5.75 Å². The molecule has 0 saturated heterocycles. The summed E-state index contributed by atoms with van der Waals surface area (Å²) in [6.07, 6.45) is 3.05. The van der Waals surface area contributed by atoms with Crippen LogP contribution in [0.15, 0.2) is 22.7 Å². The number of ether oxygens (including phenoxy) is 2. The Hall–Kier alpha value is -1.40. The maximum atomic E-state index is 10.7. The number of nitro groups is 1. The highest BCUT2D eigenvalue weighted by molar-refractivity contribution is 9.10. The molecule has 90 valence electrons. The second-order valence-electron chi connectivity index (χ2n) is 3.40. The van der Waals surface area contributed by atoms with Crippen molar-refractivity contribution in [1.29, 1.82) is 0 Å². The average Bonchev–Trinajstić information content (AvgIpc) is 2.30. The first-order valence-corrected chi connectivity index (χ1v) is 5.85. The average molecular weight is 300 g/mol. The number of hydrogen-bond donors (Lipinski definition) is 0. The molecule has 0 unspecified atom stereocenters. The van der Waals surface area contributed by atoms with Crippen LogP contribution in [0.5, 0.6) is 5.75 Å². The lowest BCUT2D eigenvalue weighted by Crippen LogP contribution is -2.20. The van der Waals surface area contributed by atoms with Gasteiger partial charge in [0.15, 0.2) is 0 Å². The Morgan fingerprint density at radius 1 is 1.59 bits per heavy atom. The molecule has 1 aliphatic rings. The molecule has 0 spiro atoms. The van der Waals surface area contributed by atoms with Crippen LogP contribution in [0.25, 0.3) is 6.08 Å². The lowest BCUT2D eigenvalue weighted by Gasteiger charge is -2.21. The fraction of sp³-hybridized carbons (Fsp3) is 0.273. The van der Waals surface area contributed by atoms with Gasteiger partial charge < -0.3 is 9.47 Å². The molecule has 0 bridgehead atoms. The fourth-order valence-corrected chi connectivity index (χ4v) is 2.10. The van der Waals surface area contributed by atoms with Gasteiger partial charge in [0, 0.05) is 24.3 Å². The summed E-state index contributed by atoms with van der Waals surface area (Å²) in [6.45, 7) is 2.41. The highest BCUT2D eigenvalue weighted by Crippen LogP contribution is 2.37. The minimum absolute atomic E-state index is 0.0266. The number of benzene rings is 1. The lowest BCUT2D eigenvalue weighted by molar-refractivity contribution is -0.385. The third-order valence-corrected chi connectivity index (χ3v) is 2.85. The summed E-state index contributed by atoms with van der Waals surface area (Å²) >= 11 is 3.26. The summed E-state index contributed by atoms with van der Waals surface area (Å²) < 4.78 is 11.4.